The van der Waals surface area contributed by atoms with E-state index in [4.69, 9.17) is 4.74 Å². The number of halogens is 1. The Balaban J connectivity index is 0.993. The molecule has 5 aromatic rings. The highest BCUT2D eigenvalue weighted by molar-refractivity contribution is 5.99. The number of imidazole rings is 1. The third-order valence-corrected chi connectivity index (χ3v) is 9.25. The predicted molar refractivity (Wildman–Crippen MR) is 183 cm³/mol. The number of hydrogen-bond donors (Lipinski definition) is 4. The normalized spacial score (nSPS) is 18.5. The van der Waals surface area contributed by atoms with Crippen molar-refractivity contribution in [3.63, 3.8) is 0 Å². The summed E-state index contributed by atoms with van der Waals surface area (Å²) in [6.07, 6.45) is 8.48. The van der Waals surface area contributed by atoms with Gasteiger partial charge in [0.25, 0.3) is 5.91 Å². The lowest BCUT2D eigenvalue weighted by Gasteiger charge is -2.30. The minimum Gasteiger partial charge on any atom is -0.508 e. The number of nitrogens with zero attached hydrogens (tertiary/aromatic N) is 4. The van der Waals surface area contributed by atoms with Crippen LogP contribution in [0.1, 0.15) is 47.4 Å². The van der Waals surface area contributed by atoms with Crippen molar-refractivity contribution >= 4 is 22.9 Å². The largest absolute Gasteiger partial charge is 0.508 e. The molecule has 1 aliphatic heterocycles. The molecular formula is C37H40FN7O3. The van der Waals surface area contributed by atoms with E-state index in [9.17, 15) is 14.3 Å². The predicted octanol–water partition coefficient (Wildman–Crippen LogP) is 5.65. The highest BCUT2D eigenvalue weighted by Crippen LogP contribution is 2.31. The van der Waals surface area contributed by atoms with Crippen LogP contribution in [-0.4, -0.2) is 68.7 Å². The number of nitrogens with one attached hydrogen (secondary N) is 3. The van der Waals surface area contributed by atoms with Crippen LogP contribution in [0.15, 0.2) is 85.3 Å². The molecule has 0 atom stereocenters. The standard InChI is InChI=1S/C37H40FN7O3/c38-27-20-34(37(47)43-29-9-7-28(8-10-29)39-23-35-40-22-31-6-1-2-13-45(31)35)36(41-21-27)42-30-5-3-4-25(18-30)33-12-11-32(46)19-26(33)24-44-14-16-48-17-15-44/h1-6,11-13,18-22,28-29,39,46H,7-10,14-17,23-24H2,(H,41,42)(H,43,47). The van der Waals surface area contributed by atoms with Gasteiger partial charge in [0.2, 0.25) is 0 Å². The van der Waals surface area contributed by atoms with Gasteiger partial charge in [0.05, 0.1) is 43.2 Å². The topological polar surface area (TPSA) is 116 Å². The van der Waals surface area contributed by atoms with Gasteiger partial charge in [-0.15, -0.1) is 0 Å². The van der Waals surface area contributed by atoms with E-state index in [1.807, 2.05) is 60.9 Å². The van der Waals surface area contributed by atoms with Crippen molar-refractivity contribution in [3.8, 4) is 16.9 Å². The summed E-state index contributed by atoms with van der Waals surface area (Å²) >= 11 is 0. The molecule has 0 unspecified atom stereocenters. The number of pyridine rings is 2. The van der Waals surface area contributed by atoms with Crippen LogP contribution in [0.3, 0.4) is 0 Å². The number of hydrogen-bond acceptors (Lipinski definition) is 8. The Morgan fingerprint density at radius 3 is 2.62 bits per heavy atom. The van der Waals surface area contributed by atoms with Gasteiger partial charge >= 0.3 is 0 Å². The molecule has 1 saturated carbocycles. The number of amides is 1. The lowest BCUT2D eigenvalue weighted by Crippen LogP contribution is -2.42. The maximum absolute atomic E-state index is 14.4. The van der Waals surface area contributed by atoms with Crippen molar-refractivity contribution in [2.75, 3.05) is 31.6 Å². The van der Waals surface area contributed by atoms with Crippen LogP contribution >= 0.6 is 0 Å². The van der Waals surface area contributed by atoms with Crippen LogP contribution in [0.4, 0.5) is 15.9 Å². The number of aromatic nitrogens is 3. The van der Waals surface area contributed by atoms with Crippen molar-refractivity contribution in [2.24, 2.45) is 0 Å². The molecule has 4 N–H and O–H groups in total. The zero-order valence-electron chi connectivity index (χ0n) is 26.7. The molecule has 10 nitrogen and oxygen atoms in total. The second-order valence-corrected chi connectivity index (χ2v) is 12.6. The summed E-state index contributed by atoms with van der Waals surface area (Å²) in [6.45, 7) is 4.41. The fourth-order valence-electron chi connectivity index (χ4n) is 6.68. The van der Waals surface area contributed by atoms with Crippen molar-refractivity contribution < 1.29 is 19.0 Å². The van der Waals surface area contributed by atoms with Gasteiger partial charge in [0, 0.05) is 43.6 Å². The Bertz CT molecular complexity index is 1880. The highest BCUT2D eigenvalue weighted by atomic mass is 19.1. The summed E-state index contributed by atoms with van der Waals surface area (Å²) in [5.41, 5.74) is 4.89. The molecule has 7 rings (SSSR count). The Labute approximate surface area is 279 Å². The molecule has 4 heterocycles. The minimum absolute atomic E-state index is 0.0124. The van der Waals surface area contributed by atoms with Crippen molar-refractivity contribution in [2.45, 2.75) is 50.9 Å². The molecule has 48 heavy (non-hydrogen) atoms. The molecule has 1 amide bonds. The smallest absolute Gasteiger partial charge is 0.255 e. The lowest BCUT2D eigenvalue weighted by molar-refractivity contribution is 0.0342. The molecule has 0 radical (unpaired) electrons. The van der Waals surface area contributed by atoms with Crippen LogP contribution < -0.4 is 16.0 Å². The van der Waals surface area contributed by atoms with Crippen molar-refractivity contribution in [1.29, 1.82) is 0 Å². The molecular weight excluding hydrogens is 609 g/mol. The molecule has 1 aliphatic carbocycles. The molecule has 0 bridgehead atoms. The van der Waals surface area contributed by atoms with Gasteiger partial charge in [-0.25, -0.2) is 14.4 Å². The number of fused-ring (bicyclic) bond motifs is 1. The molecule has 0 spiro atoms. The Kier molecular flexibility index (Phi) is 9.60. The number of morpholine rings is 1. The Morgan fingerprint density at radius 1 is 0.938 bits per heavy atom. The average Bonchev–Trinajstić information content (AvgIpc) is 3.52. The summed E-state index contributed by atoms with van der Waals surface area (Å²) in [6, 6.07) is 20.8. The summed E-state index contributed by atoms with van der Waals surface area (Å²) in [5.74, 6) is 0.549. The molecule has 2 aromatic carbocycles. The van der Waals surface area contributed by atoms with Gasteiger partial charge in [0.1, 0.15) is 23.2 Å². The highest BCUT2D eigenvalue weighted by Gasteiger charge is 2.25. The van der Waals surface area contributed by atoms with Crippen LogP contribution in [-0.2, 0) is 17.8 Å². The van der Waals surface area contributed by atoms with Gasteiger partial charge in [-0.05, 0) is 84.8 Å². The Hall–Kier alpha value is -4.84. The number of phenols is 1. The molecule has 2 aliphatic rings. The van der Waals surface area contributed by atoms with E-state index in [1.165, 1.54) is 6.07 Å². The number of rotatable bonds is 10. The van der Waals surface area contributed by atoms with Crippen LogP contribution in [0.5, 0.6) is 5.75 Å². The Morgan fingerprint density at radius 2 is 1.77 bits per heavy atom. The quantitative estimate of drug-likeness (QED) is 0.154. The van der Waals surface area contributed by atoms with E-state index in [-0.39, 0.29) is 29.1 Å². The number of carbonyl (C=O) groups excluding carboxylic acids is 1. The van der Waals surface area contributed by atoms with Gasteiger partial charge < -0.3 is 30.2 Å². The number of carbonyl (C=O) groups is 1. The molecule has 1 saturated heterocycles. The van der Waals surface area contributed by atoms with E-state index < -0.39 is 5.82 Å². The number of benzene rings is 2. The summed E-state index contributed by atoms with van der Waals surface area (Å²) < 4.78 is 22.0. The van der Waals surface area contributed by atoms with Crippen molar-refractivity contribution in [3.05, 3.63) is 108 Å². The van der Waals surface area contributed by atoms with Gasteiger partial charge in [-0.1, -0.05) is 24.3 Å². The first-order valence-corrected chi connectivity index (χ1v) is 16.6. The van der Waals surface area contributed by atoms with E-state index in [0.717, 1.165) is 73.0 Å². The van der Waals surface area contributed by atoms with Gasteiger partial charge in [-0.3, -0.25) is 9.69 Å². The van der Waals surface area contributed by atoms with Crippen LogP contribution in [0.25, 0.3) is 16.6 Å². The van der Waals surface area contributed by atoms with Gasteiger partial charge in [-0.2, -0.15) is 0 Å². The monoisotopic (exact) mass is 649 g/mol. The first-order chi connectivity index (χ1) is 23.5. The molecule has 248 valence electrons. The second kappa shape index (κ2) is 14.5. The fraction of sp³-hybridized carbons (Fsp3) is 0.324. The molecule has 3 aromatic heterocycles. The summed E-state index contributed by atoms with van der Waals surface area (Å²) in [5, 5.41) is 20.3. The van der Waals surface area contributed by atoms with Crippen molar-refractivity contribution in [1.82, 2.24) is 29.9 Å². The van der Waals surface area contributed by atoms with E-state index >= 15 is 0 Å². The third-order valence-electron chi connectivity index (χ3n) is 9.25. The number of ether oxygens (including phenoxy) is 1. The number of aromatic hydroxyl groups is 1. The lowest BCUT2D eigenvalue weighted by atomic mass is 9.91. The number of phenolic OH excluding ortho intramolecular Hbond substituents is 1. The maximum atomic E-state index is 14.4. The minimum atomic E-state index is -0.573. The third kappa shape index (κ3) is 7.49. The summed E-state index contributed by atoms with van der Waals surface area (Å²) in [4.78, 5) is 24.6. The second-order valence-electron chi connectivity index (χ2n) is 12.6. The zero-order valence-corrected chi connectivity index (χ0v) is 26.7. The zero-order chi connectivity index (χ0) is 32.9. The molecule has 11 heteroatoms. The van der Waals surface area contributed by atoms with Gasteiger partial charge in [0.15, 0.2) is 0 Å². The first kappa shape index (κ1) is 31.7. The number of anilines is 2. The molecule has 2 fully saturated rings. The maximum Gasteiger partial charge on any atom is 0.255 e. The fourth-order valence-corrected chi connectivity index (χ4v) is 6.68. The van der Waals surface area contributed by atoms with E-state index in [0.29, 0.717) is 38.0 Å². The van der Waals surface area contributed by atoms with Crippen LogP contribution in [0.2, 0.25) is 0 Å². The first-order valence-electron chi connectivity index (χ1n) is 16.6. The van der Waals surface area contributed by atoms with E-state index in [1.54, 1.807) is 12.1 Å². The SMILES string of the molecule is O=C(NC1CCC(NCc2ncc3ccccn23)CC1)c1cc(F)cnc1Nc1cccc(-c2ccc(O)cc2CN2CCOCC2)c1. The van der Waals surface area contributed by atoms with Crippen LogP contribution in [0, 0.1) is 5.82 Å². The summed E-state index contributed by atoms with van der Waals surface area (Å²) in [7, 11) is 0. The van der Waals surface area contributed by atoms with E-state index in [2.05, 4.69) is 35.2 Å². The average molecular weight is 650 g/mol.